The van der Waals surface area contributed by atoms with Crippen LogP contribution >= 0.6 is 0 Å². The molecule has 0 bridgehead atoms. The van der Waals surface area contributed by atoms with Crippen molar-refractivity contribution in [2.75, 3.05) is 11.9 Å². The van der Waals surface area contributed by atoms with Gasteiger partial charge in [0.1, 0.15) is 11.6 Å². The number of nitrogens with one attached hydrogen (secondary N) is 1. The minimum absolute atomic E-state index is 0.287. The van der Waals surface area contributed by atoms with Gasteiger partial charge in [0.25, 0.3) is 0 Å². The van der Waals surface area contributed by atoms with Crippen molar-refractivity contribution in [1.82, 2.24) is 0 Å². The third-order valence-electron chi connectivity index (χ3n) is 2.97. The van der Waals surface area contributed by atoms with Gasteiger partial charge in [-0.2, -0.15) is 0 Å². The molecule has 2 nitrogen and oxygen atoms in total. The average Bonchev–Trinajstić information content (AvgIpc) is 2.40. The monoisotopic (exact) mass is 259 g/mol. The van der Waals surface area contributed by atoms with E-state index in [0.717, 1.165) is 5.69 Å². The van der Waals surface area contributed by atoms with Crippen molar-refractivity contribution in [3.8, 4) is 5.75 Å². The Kier molecular flexibility index (Phi) is 4.39. The standard InChI is InChI=1S/C16H18FNO/c1-3-19-16-10-14(17)8-9-15(16)18-11-13-7-5-4-6-12(13)2/h4-10,18H,3,11H2,1-2H3. The van der Waals surface area contributed by atoms with E-state index in [1.54, 1.807) is 6.07 Å². The van der Waals surface area contributed by atoms with Crippen molar-refractivity contribution in [2.45, 2.75) is 20.4 Å². The van der Waals surface area contributed by atoms with Crippen LogP contribution in [0.25, 0.3) is 0 Å². The summed E-state index contributed by atoms with van der Waals surface area (Å²) < 4.78 is 18.6. The summed E-state index contributed by atoms with van der Waals surface area (Å²) in [6.45, 7) is 5.17. The Labute approximate surface area is 113 Å². The zero-order valence-electron chi connectivity index (χ0n) is 11.2. The number of hydrogen-bond acceptors (Lipinski definition) is 2. The largest absolute Gasteiger partial charge is 0.492 e. The molecule has 2 aromatic carbocycles. The SMILES string of the molecule is CCOc1cc(F)ccc1NCc1ccccc1C. The van der Waals surface area contributed by atoms with Gasteiger partial charge in [0.2, 0.25) is 0 Å². The van der Waals surface area contributed by atoms with Crippen LogP contribution in [0.15, 0.2) is 42.5 Å². The zero-order valence-corrected chi connectivity index (χ0v) is 11.2. The van der Waals surface area contributed by atoms with Gasteiger partial charge in [-0.1, -0.05) is 24.3 Å². The summed E-state index contributed by atoms with van der Waals surface area (Å²) in [5, 5.41) is 3.29. The highest BCUT2D eigenvalue weighted by atomic mass is 19.1. The third-order valence-corrected chi connectivity index (χ3v) is 2.97. The van der Waals surface area contributed by atoms with E-state index in [-0.39, 0.29) is 5.82 Å². The Hall–Kier alpha value is -2.03. The van der Waals surface area contributed by atoms with Crippen LogP contribution in [0.1, 0.15) is 18.1 Å². The quantitative estimate of drug-likeness (QED) is 0.871. The smallest absolute Gasteiger partial charge is 0.145 e. The van der Waals surface area contributed by atoms with Crippen LogP contribution in [0, 0.1) is 12.7 Å². The van der Waals surface area contributed by atoms with Crippen LogP contribution in [-0.2, 0) is 6.54 Å². The molecule has 0 atom stereocenters. The highest BCUT2D eigenvalue weighted by Crippen LogP contribution is 2.26. The van der Waals surface area contributed by atoms with E-state index in [2.05, 4.69) is 24.4 Å². The minimum Gasteiger partial charge on any atom is -0.492 e. The molecular formula is C16H18FNO. The molecule has 3 heteroatoms. The van der Waals surface area contributed by atoms with Gasteiger partial charge in [-0.05, 0) is 37.1 Å². The summed E-state index contributed by atoms with van der Waals surface area (Å²) in [5.74, 6) is 0.265. The maximum Gasteiger partial charge on any atom is 0.145 e. The molecule has 19 heavy (non-hydrogen) atoms. The molecule has 1 N–H and O–H groups in total. The fourth-order valence-corrected chi connectivity index (χ4v) is 1.92. The van der Waals surface area contributed by atoms with Crippen LogP contribution in [0.2, 0.25) is 0 Å². The second kappa shape index (κ2) is 6.23. The Morgan fingerprint density at radius 2 is 1.95 bits per heavy atom. The van der Waals surface area contributed by atoms with Crippen molar-refractivity contribution in [3.63, 3.8) is 0 Å². The predicted octanol–water partition coefficient (Wildman–Crippen LogP) is 4.14. The molecule has 0 aliphatic carbocycles. The molecule has 0 saturated carbocycles. The summed E-state index contributed by atoms with van der Waals surface area (Å²) in [5.41, 5.74) is 3.26. The molecule has 2 rings (SSSR count). The topological polar surface area (TPSA) is 21.3 Å². The lowest BCUT2D eigenvalue weighted by Gasteiger charge is -2.13. The van der Waals surface area contributed by atoms with Gasteiger partial charge in [-0.15, -0.1) is 0 Å². The van der Waals surface area contributed by atoms with E-state index < -0.39 is 0 Å². The molecule has 0 amide bonds. The molecule has 0 radical (unpaired) electrons. The molecule has 0 fully saturated rings. The van der Waals surface area contributed by atoms with Gasteiger partial charge in [0.05, 0.1) is 12.3 Å². The summed E-state index contributed by atoms with van der Waals surface area (Å²) in [6.07, 6.45) is 0. The Balaban J connectivity index is 2.13. The van der Waals surface area contributed by atoms with E-state index in [1.807, 2.05) is 19.1 Å². The van der Waals surface area contributed by atoms with Gasteiger partial charge in [0, 0.05) is 12.6 Å². The highest BCUT2D eigenvalue weighted by Gasteiger charge is 2.05. The number of ether oxygens (including phenoxy) is 1. The van der Waals surface area contributed by atoms with Gasteiger partial charge >= 0.3 is 0 Å². The number of rotatable bonds is 5. The van der Waals surface area contributed by atoms with Gasteiger partial charge in [-0.3, -0.25) is 0 Å². The average molecular weight is 259 g/mol. The molecule has 0 aliphatic heterocycles. The lowest BCUT2D eigenvalue weighted by Crippen LogP contribution is -2.04. The summed E-state index contributed by atoms with van der Waals surface area (Å²) in [7, 11) is 0. The molecular weight excluding hydrogens is 241 g/mol. The van der Waals surface area contributed by atoms with Crippen molar-refractivity contribution in [1.29, 1.82) is 0 Å². The fraction of sp³-hybridized carbons (Fsp3) is 0.250. The van der Waals surface area contributed by atoms with Gasteiger partial charge in [-0.25, -0.2) is 4.39 Å². The Bertz CT molecular complexity index is 554. The van der Waals surface area contributed by atoms with E-state index in [0.29, 0.717) is 18.9 Å². The number of aryl methyl sites for hydroxylation is 1. The summed E-state index contributed by atoms with van der Waals surface area (Å²) in [6, 6.07) is 12.7. The van der Waals surface area contributed by atoms with E-state index >= 15 is 0 Å². The molecule has 0 spiro atoms. The lowest BCUT2D eigenvalue weighted by molar-refractivity contribution is 0.340. The van der Waals surface area contributed by atoms with E-state index in [1.165, 1.54) is 23.3 Å². The molecule has 100 valence electrons. The van der Waals surface area contributed by atoms with Crippen LogP contribution < -0.4 is 10.1 Å². The zero-order chi connectivity index (χ0) is 13.7. The molecule has 0 unspecified atom stereocenters. The van der Waals surface area contributed by atoms with Crippen LogP contribution in [0.3, 0.4) is 0 Å². The lowest BCUT2D eigenvalue weighted by atomic mass is 10.1. The Morgan fingerprint density at radius 1 is 1.16 bits per heavy atom. The number of hydrogen-bond donors (Lipinski definition) is 1. The molecule has 0 aliphatic rings. The summed E-state index contributed by atoms with van der Waals surface area (Å²) >= 11 is 0. The maximum atomic E-state index is 13.2. The minimum atomic E-state index is -0.287. The number of anilines is 1. The Morgan fingerprint density at radius 3 is 2.68 bits per heavy atom. The number of halogens is 1. The van der Waals surface area contributed by atoms with Crippen molar-refractivity contribution in [3.05, 3.63) is 59.4 Å². The third kappa shape index (κ3) is 3.47. The molecule has 2 aromatic rings. The van der Waals surface area contributed by atoms with Gasteiger partial charge in [0.15, 0.2) is 0 Å². The first kappa shape index (κ1) is 13.4. The first-order chi connectivity index (χ1) is 9.20. The molecule has 0 heterocycles. The predicted molar refractivity (Wildman–Crippen MR) is 76.1 cm³/mol. The molecule has 0 saturated heterocycles. The van der Waals surface area contributed by atoms with Crippen LogP contribution in [-0.4, -0.2) is 6.61 Å². The van der Waals surface area contributed by atoms with E-state index in [4.69, 9.17) is 4.74 Å². The second-order valence-electron chi connectivity index (χ2n) is 4.35. The van der Waals surface area contributed by atoms with E-state index in [9.17, 15) is 4.39 Å². The first-order valence-corrected chi connectivity index (χ1v) is 6.41. The van der Waals surface area contributed by atoms with Crippen LogP contribution in [0.4, 0.5) is 10.1 Å². The van der Waals surface area contributed by atoms with Crippen molar-refractivity contribution >= 4 is 5.69 Å². The normalized spacial score (nSPS) is 10.3. The summed E-state index contributed by atoms with van der Waals surface area (Å²) in [4.78, 5) is 0. The first-order valence-electron chi connectivity index (χ1n) is 6.41. The highest BCUT2D eigenvalue weighted by molar-refractivity contribution is 5.56. The maximum absolute atomic E-state index is 13.2. The number of benzene rings is 2. The molecule has 0 aromatic heterocycles. The fourth-order valence-electron chi connectivity index (χ4n) is 1.92. The van der Waals surface area contributed by atoms with Crippen molar-refractivity contribution in [2.24, 2.45) is 0 Å². The van der Waals surface area contributed by atoms with Crippen LogP contribution in [0.5, 0.6) is 5.75 Å². The van der Waals surface area contributed by atoms with Gasteiger partial charge < -0.3 is 10.1 Å². The second-order valence-corrected chi connectivity index (χ2v) is 4.35. The van der Waals surface area contributed by atoms with Crippen molar-refractivity contribution < 1.29 is 9.13 Å².